The summed E-state index contributed by atoms with van der Waals surface area (Å²) in [6, 6.07) is 12.5. The van der Waals surface area contributed by atoms with E-state index in [-0.39, 0.29) is 5.91 Å². The first-order valence-electron chi connectivity index (χ1n) is 8.64. The molecule has 1 atom stereocenters. The number of amides is 1. The van der Waals surface area contributed by atoms with Crippen molar-refractivity contribution in [3.63, 3.8) is 0 Å². The summed E-state index contributed by atoms with van der Waals surface area (Å²) in [5, 5.41) is 3.09. The van der Waals surface area contributed by atoms with Gasteiger partial charge >= 0.3 is 0 Å². The van der Waals surface area contributed by atoms with Crippen LogP contribution in [0.2, 0.25) is 0 Å². The van der Waals surface area contributed by atoms with Crippen LogP contribution in [0.3, 0.4) is 0 Å². The number of nitrogens with zero attached hydrogens (tertiary/aromatic N) is 2. The van der Waals surface area contributed by atoms with E-state index in [9.17, 15) is 4.79 Å². The second kappa shape index (κ2) is 7.58. The average Bonchev–Trinajstić information content (AvgIpc) is 2.62. The summed E-state index contributed by atoms with van der Waals surface area (Å²) >= 11 is 0. The molecular weight excluding hydrogens is 298 g/mol. The third kappa shape index (κ3) is 3.82. The zero-order valence-corrected chi connectivity index (χ0v) is 14.4. The highest BCUT2D eigenvalue weighted by atomic mass is 16.1. The van der Waals surface area contributed by atoms with E-state index < -0.39 is 0 Å². The van der Waals surface area contributed by atoms with Gasteiger partial charge in [0, 0.05) is 43.6 Å². The van der Waals surface area contributed by atoms with Crippen LogP contribution in [0.15, 0.2) is 48.8 Å². The summed E-state index contributed by atoms with van der Waals surface area (Å²) < 4.78 is 0. The molecule has 2 aromatic rings. The Morgan fingerprint density at radius 1 is 1.17 bits per heavy atom. The molecule has 3 rings (SSSR count). The molecule has 0 aliphatic carbocycles. The number of nitrogens with one attached hydrogen (secondary N) is 1. The molecule has 0 radical (unpaired) electrons. The Morgan fingerprint density at radius 3 is 2.58 bits per heavy atom. The van der Waals surface area contributed by atoms with E-state index in [1.54, 1.807) is 24.5 Å². The van der Waals surface area contributed by atoms with Crippen molar-refractivity contribution in [1.82, 2.24) is 15.2 Å². The molecule has 1 aliphatic rings. The van der Waals surface area contributed by atoms with Crippen LogP contribution in [0.25, 0.3) is 0 Å². The van der Waals surface area contributed by atoms with Crippen molar-refractivity contribution in [1.29, 1.82) is 0 Å². The highest BCUT2D eigenvalue weighted by Crippen LogP contribution is 2.22. The second-order valence-electron chi connectivity index (χ2n) is 6.75. The van der Waals surface area contributed by atoms with Crippen molar-refractivity contribution >= 4 is 5.91 Å². The Kier molecular flexibility index (Phi) is 5.26. The first-order valence-corrected chi connectivity index (χ1v) is 8.64. The molecule has 126 valence electrons. The topological polar surface area (TPSA) is 45.2 Å². The van der Waals surface area contributed by atoms with Gasteiger partial charge in [0.1, 0.15) is 0 Å². The second-order valence-corrected chi connectivity index (χ2v) is 6.75. The van der Waals surface area contributed by atoms with Gasteiger partial charge < -0.3 is 5.32 Å². The fourth-order valence-electron chi connectivity index (χ4n) is 3.39. The first-order chi connectivity index (χ1) is 11.6. The highest BCUT2D eigenvalue weighted by Gasteiger charge is 2.26. The molecule has 2 heterocycles. The normalized spacial score (nSPS) is 15.8. The van der Waals surface area contributed by atoms with Gasteiger partial charge in [-0.1, -0.05) is 38.1 Å². The SMILES string of the molecule is CC(C)[C@@H](CNC(=O)c1ccncc1)N1CCc2ccccc2C1. The monoisotopic (exact) mass is 323 g/mol. The molecule has 0 spiro atoms. The van der Waals surface area contributed by atoms with E-state index in [2.05, 4.69) is 53.3 Å². The fraction of sp³-hybridized carbons (Fsp3) is 0.400. The maximum atomic E-state index is 12.3. The molecular formula is C20H25N3O. The minimum atomic E-state index is -0.0274. The van der Waals surface area contributed by atoms with Crippen LogP contribution in [0, 0.1) is 5.92 Å². The predicted molar refractivity (Wildman–Crippen MR) is 95.8 cm³/mol. The van der Waals surface area contributed by atoms with Gasteiger partial charge in [-0.15, -0.1) is 0 Å². The number of rotatable bonds is 5. The van der Waals surface area contributed by atoms with Crippen LogP contribution in [0.4, 0.5) is 0 Å². The Labute approximate surface area is 143 Å². The molecule has 24 heavy (non-hydrogen) atoms. The minimum Gasteiger partial charge on any atom is -0.350 e. The van der Waals surface area contributed by atoms with Crippen LogP contribution in [-0.2, 0) is 13.0 Å². The quantitative estimate of drug-likeness (QED) is 0.920. The molecule has 0 bridgehead atoms. The van der Waals surface area contributed by atoms with Gasteiger partial charge in [-0.3, -0.25) is 14.7 Å². The number of benzene rings is 1. The van der Waals surface area contributed by atoms with Crippen molar-refractivity contribution in [2.45, 2.75) is 32.9 Å². The van der Waals surface area contributed by atoms with Crippen LogP contribution < -0.4 is 5.32 Å². The molecule has 0 fully saturated rings. The zero-order valence-electron chi connectivity index (χ0n) is 14.4. The van der Waals surface area contributed by atoms with Crippen LogP contribution in [-0.4, -0.2) is 34.9 Å². The molecule has 1 N–H and O–H groups in total. The number of carbonyl (C=O) groups is 1. The third-order valence-corrected chi connectivity index (χ3v) is 4.81. The first kappa shape index (κ1) is 16.7. The molecule has 1 amide bonds. The van der Waals surface area contributed by atoms with Gasteiger partial charge in [-0.25, -0.2) is 0 Å². The van der Waals surface area contributed by atoms with Gasteiger partial charge in [0.05, 0.1) is 0 Å². The molecule has 1 aromatic carbocycles. The molecule has 4 heteroatoms. The lowest BCUT2D eigenvalue weighted by molar-refractivity contribution is 0.0904. The summed E-state index contributed by atoms with van der Waals surface area (Å²) in [5.74, 6) is 0.452. The largest absolute Gasteiger partial charge is 0.350 e. The van der Waals surface area contributed by atoms with E-state index >= 15 is 0 Å². The van der Waals surface area contributed by atoms with E-state index in [1.807, 2.05) is 0 Å². The summed E-state index contributed by atoms with van der Waals surface area (Å²) in [6.07, 6.45) is 4.38. The van der Waals surface area contributed by atoms with Crippen molar-refractivity contribution in [3.8, 4) is 0 Å². The van der Waals surface area contributed by atoms with E-state index in [4.69, 9.17) is 0 Å². The Balaban J connectivity index is 1.64. The standard InChI is InChI=1S/C20H25N3O/c1-15(2)19(13-22-20(24)17-7-10-21-11-8-17)23-12-9-16-5-3-4-6-18(16)14-23/h3-8,10-11,15,19H,9,12-14H2,1-2H3,(H,22,24)/t19-/m1/s1. The number of hydrogen-bond acceptors (Lipinski definition) is 3. The Hall–Kier alpha value is -2.20. The maximum absolute atomic E-state index is 12.3. The Bertz CT molecular complexity index is 684. The van der Waals surface area contributed by atoms with Crippen molar-refractivity contribution in [2.75, 3.05) is 13.1 Å². The fourth-order valence-corrected chi connectivity index (χ4v) is 3.39. The van der Waals surface area contributed by atoms with Gasteiger partial charge in [-0.2, -0.15) is 0 Å². The number of aromatic nitrogens is 1. The van der Waals surface area contributed by atoms with E-state index in [0.717, 1.165) is 19.5 Å². The lowest BCUT2D eigenvalue weighted by atomic mass is 9.95. The Morgan fingerprint density at radius 2 is 1.88 bits per heavy atom. The van der Waals surface area contributed by atoms with Crippen LogP contribution >= 0.6 is 0 Å². The lowest BCUT2D eigenvalue weighted by Gasteiger charge is -2.38. The summed E-state index contributed by atoms with van der Waals surface area (Å²) in [6.45, 7) is 7.13. The van der Waals surface area contributed by atoms with Crippen LogP contribution in [0.5, 0.6) is 0 Å². The summed E-state index contributed by atoms with van der Waals surface area (Å²) in [7, 11) is 0. The molecule has 4 nitrogen and oxygen atoms in total. The summed E-state index contributed by atoms with van der Waals surface area (Å²) in [4.78, 5) is 18.8. The van der Waals surface area contributed by atoms with E-state index in [0.29, 0.717) is 24.1 Å². The molecule has 0 saturated carbocycles. The van der Waals surface area contributed by atoms with Crippen LogP contribution in [0.1, 0.15) is 35.3 Å². The zero-order chi connectivity index (χ0) is 16.9. The smallest absolute Gasteiger partial charge is 0.251 e. The number of fused-ring (bicyclic) bond motifs is 1. The molecule has 1 aromatic heterocycles. The number of pyridine rings is 1. The third-order valence-electron chi connectivity index (χ3n) is 4.81. The highest BCUT2D eigenvalue weighted by molar-refractivity contribution is 5.93. The van der Waals surface area contributed by atoms with Crippen molar-refractivity contribution in [2.24, 2.45) is 5.92 Å². The van der Waals surface area contributed by atoms with Gasteiger partial charge in [-0.05, 0) is 35.6 Å². The van der Waals surface area contributed by atoms with Crippen molar-refractivity contribution < 1.29 is 4.79 Å². The predicted octanol–water partition coefficient (Wildman–Crippen LogP) is 2.89. The van der Waals surface area contributed by atoms with Gasteiger partial charge in [0.15, 0.2) is 0 Å². The number of hydrogen-bond donors (Lipinski definition) is 1. The molecule has 0 unspecified atom stereocenters. The van der Waals surface area contributed by atoms with Crippen molar-refractivity contribution in [3.05, 3.63) is 65.5 Å². The number of carbonyl (C=O) groups excluding carboxylic acids is 1. The molecule has 0 saturated heterocycles. The maximum Gasteiger partial charge on any atom is 0.251 e. The lowest BCUT2D eigenvalue weighted by Crippen LogP contribution is -2.48. The van der Waals surface area contributed by atoms with Gasteiger partial charge in [0.25, 0.3) is 5.91 Å². The average molecular weight is 323 g/mol. The molecule has 1 aliphatic heterocycles. The minimum absolute atomic E-state index is 0.0274. The van der Waals surface area contributed by atoms with Gasteiger partial charge in [0.2, 0.25) is 0 Å². The van der Waals surface area contributed by atoms with E-state index in [1.165, 1.54) is 11.1 Å². The summed E-state index contributed by atoms with van der Waals surface area (Å²) in [5.41, 5.74) is 3.53.